The number of nitrogens with one attached hydrogen (secondary N) is 1. The van der Waals surface area contributed by atoms with Crippen molar-refractivity contribution in [1.82, 2.24) is 5.32 Å². The molecule has 0 fully saturated rings. The molecule has 0 aliphatic heterocycles. The predicted molar refractivity (Wildman–Crippen MR) is 79.2 cm³/mol. The van der Waals surface area contributed by atoms with Gasteiger partial charge in [0.1, 0.15) is 18.3 Å². The molecule has 1 rings (SSSR count). The van der Waals surface area contributed by atoms with Crippen LogP contribution in [0.2, 0.25) is 0 Å². The van der Waals surface area contributed by atoms with Crippen LogP contribution in [0.15, 0.2) is 24.5 Å². The van der Waals surface area contributed by atoms with E-state index in [9.17, 15) is 19.7 Å². The molecule has 1 aromatic rings. The molecule has 0 spiro atoms. The maximum absolute atomic E-state index is 11.9. The van der Waals surface area contributed by atoms with Crippen LogP contribution < -0.4 is 9.88 Å². The van der Waals surface area contributed by atoms with Gasteiger partial charge in [-0.05, 0) is 19.4 Å². The Morgan fingerprint density at radius 3 is 2.88 bits per heavy atom. The molecular formula is C14H20N3O7+. The third-order valence-corrected chi connectivity index (χ3v) is 2.91. The van der Waals surface area contributed by atoms with E-state index in [1.165, 1.54) is 10.8 Å². The molecule has 132 valence electrons. The van der Waals surface area contributed by atoms with Gasteiger partial charge in [-0.15, -0.1) is 10.1 Å². The van der Waals surface area contributed by atoms with Crippen molar-refractivity contribution in [3.8, 4) is 0 Å². The fraction of sp³-hybridized carbons (Fsp3) is 0.500. The Morgan fingerprint density at radius 1 is 1.46 bits per heavy atom. The largest absolute Gasteiger partial charge is 0.513 e. The Hall–Kier alpha value is -2.91. The summed E-state index contributed by atoms with van der Waals surface area (Å²) in [6.07, 6.45) is 2.74. The molecule has 0 saturated carbocycles. The zero-order chi connectivity index (χ0) is 17.9. The number of carbonyl (C=O) groups excluding carboxylic acids is 2. The van der Waals surface area contributed by atoms with E-state index in [4.69, 9.17) is 9.47 Å². The van der Waals surface area contributed by atoms with Gasteiger partial charge in [0.25, 0.3) is 17.7 Å². The van der Waals surface area contributed by atoms with E-state index in [-0.39, 0.29) is 26.0 Å². The Kier molecular flexibility index (Phi) is 7.96. The summed E-state index contributed by atoms with van der Waals surface area (Å²) in [5.41, 5.74) is 0.303. The fourth-order valence-corrected chi connectivity index (χ4v) is 1.53. The number of pyridine rings is 1. The molecule has 10 nitrogen and oxygen atoms in total. The molecule has 24 heavy (non-hydrogen) atoms. The second-order valence-electron chi connectivity index (χ2n) is 4.78. The van der Waals surface area contributed by atoms with Gasteiger partial charge in [-0.1, -0.05) is 6.92 Å². The van der Waals surface area contributed by atoms with Gasteiger partial charge in [-0.25, -0.2) is 4.79 Å². The number of hydrogen-bond donors (Lipinski definition) is 1. The highest BCUT2D eigenvalue weighted by Crippen LogP contribution is 1.99. The Morgan fingerprint density at radius 2 is 2.21 bits per heavy atom. The molecule has 1 aromatic heterocycles. The second kappa shape index (κ2) is 9.98. The number of nitrogens with zero attached hydrogens (tertiary/aromatic N) is 2. The molecule has 0 bridgehead atoms. The molecule has 1 N–H and O–H groups in total. The van der Waals surface area contributed by atoms with Crippen LogP contribution in [-0.2, 0) is 21.0 Å². The molecule has 0 saturated heterocycles. The Labute approximate surface area is 138 Å². The summed E-state index contributed by atoms with van der Waals surface area (Å²) in [4.78, 5) is 37.4. The van der Waals surface area contributed by atoms with Crippen molar-refractivity contribution < 1.29 is 33.6 Å². The van der Waals surface area contributed by atoms with Crippen molar-refractivity contribution in [3.63, 3.8) is 0 Å². The maximum Gasteiger partial charge on any atom is 0.513 e. The average Bonchev–Trinajstić information content (AvgIpc) is 2.56. The van der Waals surface area contributed by atoms with Gasteiger partial charge >= 0.3 is 6.16 Å². The lowest BCUT2D eigenvalue weighted by Crippen LogP contribution is -2.38. The van der Waals surface area contributed by atoms with Gasteiger partial charge in [0, 0.05) is 12.6 Å². The van der Waals surface area contributed by atoms with Gasteiger partial charge in [-0.3, -0.25) is 4.79 Å². The lowest BCUT2D eigenvalue weighted by atomic mass is 10.2. The van der Waals surface area contributed by atoms with Crippen LogP contribution in [0.3, 0.4) is 0 Å². The van der Waals surface area contributed by atoms with Gasteiger partial charge in [-0.2, -0.15) is 4.57 Å². The molecule has 0 aliphatic rings. The van der Waals surface area contributed by atoms with Gasteiger partial charge in [0.05, 0.1) is 0 Å². The fourth-order valence-electron chi connectivity index (χ4n) is 1.53. The number of hydrogen-bond acceptors (Lipinski definition) is 7. The smallest absolute Gasteiger partial charge is 0.431 e. The first-order valence-corrected chi connectivity index (χ1v) is 7.30. The first kappa shape index (κ1) is 19.1. The number of ether oxygens (including phenoxy) is 2. The van der Waals surface area contributed by atoms with E-state index in [0.29, 0.717) is 12.0 Å². The van der Waals surface area contributed by atoms with Crippen LogP contribution in [0, 0.1) is 10.1 Å². The zero-order valence-corrected chi connectivity index (χ0v) is 13.5. The third-order valence-electron chi connectivity index (χ3n) is 2.91. The highest BCUT2D eigenvalue weighted by Gasteiger charge is 2.14. The van der Waals surface area contributed by atoms with Gasteiger partial charge in [0.2, 0.25) is 0 Å². The van der Waals surface area contributed by atoms with Crippen LogP contribution >= 0.6 is 0 Å². The maximum atomic E-state index is 11.9. The Balaban J connectivity index is 2.46. The van der Waals surface area contributed by atoms with Crippen molar-refractivity contribution in [2.45, 2.75) is 33.1 Å². The normalized spacial score (nSPS) is 11.2. The van der Waals surface area contributed by atoms with E-state index >= 15 is 0 Å². The SMILES string of the molecule is CCC(C)OC(=O)OC[n+]1cccc(C(=O)NCCO[N+](=O)[O-])c1. The summed E-state index contributed by atoms with van der Waals surface area (Å²) in [6.45, 7) is 3.27. The van der Waals surface area contributed by atoms with Crippen molar-refractivity contribution in [1.29, 1.82) is 0 Å². The quantitative estimate of drug-likeness (QED) is 0.232. The topological polar surface area (TPSA) is 121 Å². The summed E-state index contributed by atoms with van der Waals surface area (Å²) in [5, 5.41) is 11.5. The molecule has 1 unspecified atom stereocenters. The first-order chi connectivity index (χ1) is 11.4. The highest BCUT2D eigenvalue weighted by atomic mass is 16.9. The van der Waals surface area contributed by atoms with E-state index in [2.05, 4.69) is 10.2 Å². The molecule has 0 aliphatic carbocycles. The van der Waals surface area contributed by atoms with Crippen molar-refractivity contribution in [2.24, 2.45) is 0 Å². The minimum Gasteiger partial charge on any atom is -0.431 e. The molecular weight excluding hydrogens is 322 g/mol. The van der Waals surface area contributed by atoms with E-state index in [1.54, 1.807) is 25.3 Å². The summed E-state index contributed by atoms with van der Waals surface area (Å²) >= 11 is 0. The van der Waals surface area contributed by atoms with Crippen molar-refractivity contribution in [2.75, 3.05) is 13.2 Å². The lowest BCUT2D eigenvalue weighted by molar-refractivity contribution is -0.757. The summed E-state index contributed by atoms with van der Waals surface area (Å²) in [7, 11) is 0. The second-order valence-corrected chi connectivity index (χ2v) is 4.78. The van der Waals surface area contributed by atoms with Crippen molar-refractivity contribution in [3.05, 3.63) is 40.2 Å². The monoisotopic (exact) mass is 342 g/mol. The standard InChI is InChI=1S/C14H19N3O7/c1-3-11(2)24-14(19)22-10-16-7-4-5-12(9-16)13(18)15-6-8-23-17(20)21/h4-5,7,9,11H,3,6,8,10H2,1-2H3/p+1. The van der Waals surface area contributed by atoms with Crippen LogP contribution in [0.5, 0.6) is 0 Å². The number of aromatic nitrogens is 1. The summed E-state index contributed by atoms with van der Waals surface area (Å²) in [5.74, 6) is -0.432. The Bertz CT molecular complexity index is 579. The molecule has 0 radical (unpaired) electrons. The first-order valence-electron chi connectivity index (χ1n) is 7.30. The average molecular weight is 342 g/mol. The van der Waals surface area contributed by atoms with E-state index in [1.807, 2.05) is 6.92 Å². The summed E-state index contributed by atoms with van der Waals surface area (Å²) < 4.78 is 11.4. The van der Waals surface area contributed by atoms with Crippen LogP contribution in [0.25, 0.3) is 0 Å². The third kappa shape index (κ3) is 7.38. The minimum absolute atomic E-state index is 0.00750. The number of carbonyl (C=O) groups is 2. The number of amides is 1. The van der Waals surface area contributed by atoms with Crippen LogP contribution in [0.4, 0.5) is 4.79 Å². The van der Waals surface area contributed by atoms with Gasteiger partial charge in [0.15, 0.2) is 12.4 Å². The highest BCUT2D eigenvalue weighted by molar-refractivity contribution is 5.93. The number of rotatable bonds is 9. The van der Waals surface area contributed by atoms with Crippen LogP contribution in [-0.4, -0.2) is 36.4 Å². The molecule has 1 heterocycles. The molecule has 1 amide bonds. The molecule has 1 atom stereocenters. The molecule has 10 heteroatoms. The molecule has 0 aromatic carbocycles. The predicted octanol–water partition coefficient (Wildman–Crippen LogP) is 0.821. The van der Waals surface area contributed by atoms with Crippen LogP contribution in [0.1, 0.15) is 30.6 Å². The lowest BCUT2D eigenvalue weighted by Gasteiger charge is -2.09. The zero-order valence-electron chi connectivity index (χ0n) is 13.5. The van der Waals surface area contributed by atoms with Crippen molar-refractivity contribution >= 4 is 12.1 Å². The van der Waals surface area contributed by atoms with E-state index in [0.717, 1.165) is 0 Å². The minimum atomic E-state index is -0.932. The van der Waals surface area contributed by atoms with E-state index < -0.39 is 17.1 Å². The van der Waals surface area contributed by atoms with Gasteiger partial charge < -0.3 is 19.6 Å². The summed E-state index contributed by atoms with van der Waals surface area (Å²) in [6, 6.07) is 3.16.